The first-order valence-corrected chi connectivity index (χ1v) is 6.59. The van der Waals surface area contributed by atoms with Crippen LogP contribution in [0.2, 0.25) is 5.02 Å². The van der Waals surface area contributed by atoms with E-state index in [2.05, 4.69) is 33.0 Å². The van der Waals surface area contributed by atoms with Gasteiger partial charge in [0.05, 0.1) is 0 Å². The van der Waals surface area contributed by atoms with Crippen molar-refractivity contribution in [1.82, 2.24) is 5.32 Å². The molecule has 100 valence electrons. The molecule has 0 bridgehead atoms. The van der Waals surface area contributed by atoms with Gasteiger partial charge in [0, 0.05) is 22.7 Å². The Morgan fingerprint density at radius 1 is 1.39 bits per heavy atom. The SMILES string of the molecule is CC/C(=C/c1ccc(Cl)cc1F)CNC(C)(C)C. The molecule has 0 heterocycles. The van der Waals surface area contributed by atoms with Crippen LogP contribution in [0.3, 0.4) is 0 Å². The van der Waals surface area contributed by atoms with Gasteiger partial charge in [-0.2, -0.15) is 0 Å². The van der Waals surface area contributed by atoms with Gasteiger partial charge in [-0.05, 0) is 39.3 Å². The fourth-order valence-corrected chi connectivity index (χ4v) is 1.65. The summed E-state index contributed by atoms with van der Waals surface area (Å²) in [6.45, 7) is 9.18. The topological polar surface area (TPSA) is 12.0 Å². The minimum atomic E-state index is -0.274. The Labute approximate surface area is 114 Å². The van der Waals surface area contributed by atoms with Crippen LogP contribution < -0.4 is 5.32 Å². The molecule has 0 aromatic heterocycles. The summed E-state index contributed by atoms with van der Waals surface area (Å²) >= 11 is 5.74. The molecule has 1 nitrogen and oxygen atoms in total. The van der Waals surface area contributed by atoms with Crippen LogP contribution in [0.1, 0.15) is 39.7 Å². The lowest BCUT2D eigenvalue weighted by Gasteiger charge is -2.21. The molecule has 0 saturated heterocycles. The molecule has 3 heteroatoms. The number of hydrogen-bond acceptors (Lipinski definition) is 1. The number of benzene rings is 1. The summed E-state index contributed by atoms with van der Waals surface area (Å²) in [5, 5.41) is 3.83. The third kappa shape index (κ3) is 5.19. The predicted molar refractivity (Wildman–Crippen MR) is 77.4 cm³/mol. The Kier molecular flexibility index (Phi) is 5.36. The first kappa shape index (κ1) is 15.2. The lowest BCUT2D eigenvalue weighted by atomic mass is 10.1. The molecule has 1 aromatic rings. The van der Waals surface area contributed by atoms with Crippen LogP contribution in [0, 0.1) is 5.82 Å². The predicted octanol–water partition coefficient (Wildman–Crippen LogP) is 4.66. The molecule has 1 aromatic carbocycles. The normalized spacial score (nSPS) is 12.9. The van der Waals surface area contributed by atoms with Gasteiger partial charge in [-0.3, -0.25) is 0 Å². The highest BCUT2D eigenvalue weighted by Crippen LogP contribution is 2.18. The van der Waals surface area contributed by atoms with Crippen LogP contribution in [0.5, 0.6) is 0 Å². The highest BCUT2D eigenvalue weighted by molar-refractivity contribution is 6.30. The molecule has 18 heavy (non-hydrogen) atoms. The second kappa shape index (κ2) is 6.35. The Bertz CT molecular complexity index is 433. The molecule has 0 saturated carbocycles. The van der Waals surface area contributed by atoms with E-state index >= 15 is 0 Å². The lowest BCUT2D eigenvalue weighted by molar-refractivity contribution is 0.443. The number of halogens is 2. The molecule has 0 unspecified atom stereocenters. The van der Waals surface area contributed by atoms with Gasteiger partial charge in [0.1, 0.15) is 5.82 Å². The molecule has 0 atom stereocenters. The van der Waals surface area contributed by atoms with Crippen LogP contribution >= 0.6 is 11.6 Å². The summed E-state index contributed by atoms with van der Waals surface area (Å²) in [5.41, 5.74) is 1.82. The van der Waals surface area contributed by atoms with Crippen molar-refractivity contribution >= 4 is 17.7 Å². The van der Waals surface area contributed by atoms with Crippen LogP contribution in [0.25, 0.3) is 6.08 Å². The Morgan fingerprint density at radius 3 is 2.56 bits per heavy atom. The van der Waals surface area contributed by atoms with Crippen molar-refractivity contribution in [3.8, 4) is 0 Å². The fraction of sp³-hybridized carbons (Fsp3) is 0.467. The Balaban J connectivity index is 2.84. The van der Waals surface area contributed by atoms with Crippen molar-refractivity contribution in [2.24, 2.45) is 0 Å². The minimum absolute atomic E-state index is 0.0623. The van der Waals surface area contributed by atoms with E-state index in [1.807, 2.05) is 6.08 Å². The number of rotatable bonds is 4. The van der Waals surface area contributed by atoms with Crippen molar-refractivity contribution in [3.05, 3.63) is 40.2 Å². The van der Waals surface area contributed by atoms with E-state index in [0.29, 0.717) is 10.6 Å². The van der Waals surface area contributed by atoms with E-state index < -0.39 is 0 Å². The monoisotopic (exact) mass is 269 g/mol. The average molecular weight is 270 g/mol. The summed E-state index contributed by atoms with van der Waals surface area (Å²) in [4.78, 5) is 0. The smallest absolute Gasteiger partial charge is 0.131 e. The standard InChI is InChI=1S/C15H21ClFN/c1-5-11(10-18-15(2,3)4)8-12-6-7-13(16)9-14(12)17/h6-9,18H,5,10H2,1-4H3/b11-8-. The molecule has 0 aliphatic heterocycles. The maximum atomic E-state index is 13.7. The molecule has 0 aliphatic carbocycles. The minimum Gasteiger partial charge on any atom is -0.308 e. The number of nitrogens with one attached hydrogen (secondary N) is 1. The highest BCUT2D eigenvalue weighted by atomic mass is 35.5. The van der Waals surface area contributed by atoms with Crippen molar-refractivity contribution < 1.29 is 4.39 Å². The summed E-state index contributed by atoms with van der Waals surface area (Å²) < 4.78 is 13.7. The van der Waals surface area contributed by atoms with E-state index in [4.69, 9.17) is 11.6 Å². The second-order valence-corrected chi connectivity index (χ2v) is 5.86. The quantitative estimate of drug-likeness (QED) is 0.838. The van der Waals surface area contributed by atoms with Gasteiger partial charge < -0.3 is 5.32 Å². The van der Waals surface area contributed by atoms with Crippen LogP contribution in [0.15, 0.2) is 23.8 Å². The van der Waals surface area contributed by atoms with E-state index in [-0.39, 0.29) is 11.4 Å². The fourth-order valence-electron chi connectivity index (χ4n) is 1.50. The largest absolute Gasteiger partial charge is 0.308 e. The van der Waals surface area contributed by atoms with Gasteiger partial charge in [-0.1, -0.05) is 36.2 Å². The Morgan fingerprint density at radius 2 is 2.06 bits per heavy atom. The van der Waals surface area contributed by atoms with Gasteiger partial charge in [0.15, 0.2) is 0 Å². The van der Waals surface area contributed by atoms with Crippen molar-refractivity contribution in [1.29, 1.82) is 0 Å². The van der Waals surface area contributed by atoms with Gasteiger partial charge in [0.25, 0.3) is 0 Å². The molecular formula is C15H21ClFN. The average Bonchev–Trinajstić information content (AvgIpc) is 2.25. The van der Waals surface area contributed by atoms with E-state index in [0.717, 1.165) is 13.0 Å². The second-order valence-electron chi connectivity index (χ2n) is 5.43. The van der Waals surface area contributed by atoms with Gasteiger partial charge >= 0.3 is 0 Å². The molecule has 1 rings (SSSR count). The summed E-state index contributed by atoms with van der Waals surface area (Å²) in [5.74, 6) is -0.274. The number of hydrogen-bond donors (Lipinski definition) is 1. The van der Waals surface area contributed by atoms with Crippen LogP contribution in [-0.2, 0) is 0 Å². The molecule has 0 radical (unpaired) electrons. The first-order chi connectivity index (χ1) is 8.31. The van der Waals surface area contributed by atoms with Gasteiger partial charge in [-0.25, -0.2) is 4.39 Å². The molecule has 0 amide bonds. The summed E-state index contributed by atoms with van der Waals surface area (Å²) in [6.07, 6.45) is 2.79. The van der Waals surface area contributed by atoms with Gasteiger partial charge in [-0.15, -0.1) is 0 Å². The molecule has 0 spiro atoms. The molecule has 0 aliphatic rings. The molecular weight excluding hydrogens is 249 g/mol. The lowest BCUT2D eigenvalue weighted by Crippen LogP contribution is -2.36. The van der Waals surface area contributed by atoms with E-state index in [1.54, 1.807) is 12.1 Å². The van der Waals surface area contributed by atoms with Crippen LogP contribution in [-0.4, -0.2) is 12.1 Å². The van der Waals surface area contributed by atoms with Crippen molar-refractivity contribution in [3.63, 3.8) is 0 Å². The molecule has 0 fully saturated rings. The summed E-state index contributed by atoms with van der Waals surface area (Å²) in [6, 6.07) is 4.77. The Hall–Kier alpha value is -0.860. The third-order valence-corrected chi connectivity index (χ3v) is 2.86. The van der Waals surface area contributed by atoms with Crippen molar-refractivity contribution in [2.75, 3.05) is 6.54 Å². The van der Waals surface area contributed by atoms with E-state index in [1.165, 1.54) is 11.6 Å². The maximum Gasteiger partial charge on any atom is 0.131 e. The van der Waals surface area contributed by atoms with E-state index in [9.17, 15) is 4.39 Å². The highest BCUT2D eigenvalue weighted by Gasteiger charge is 2.09. The van der Waals surface area contributed by atoms with Crippen molar-refractivity contribution in [2.45, 2.75) is 39.7 Å². The summed E-state index contributed by atoms with van der Waals surface area (Å²) in [7, 11) is 0. The zero-order valence-corrected chi connectivity index (χ0v) is 12.2. The van der Waals surface area contributed by atoms with Crippen LogP contribution in [0.4, 0.5) is 4.39 Å². The van der Waals surface area contributed by atoms with Gasteiger partial charge in [0.2, 0.25) is 0 Å². The molecule has 1 N–H and O–H groups in total. The zero-order valence-electron chi connectivity index (χ0n) is 11.5. The zero-order chi connectivity index (χ0) is 13.8. The maximum absolute atomic E-state index is 13.7. The third-order valence-electron chi connectivity index (χ3n) is 2.62. The first-order valence-electron chi connectivity index (χ1n) is 6.21.